The van der Waals surface area contributed by atoms with E-state index in [9.17, 15) is 0 Å². The van der Waals surface area contributed by atoms with Gasteiger partial charge in [0.1, 0.15) is 0 Å². The summed E-state index contributed by atoms with van der Waals surface area (Å²) in [6, 6.07) is 15.5. The molecular weight excluding hydrogens is 264 g/mol. The number of nitriles is 1. The Hall–Kier alpha value is -1.63. The third kappa shape index (κ3) is 2.92. The van der Waals surface area contributed by atoms with Gasteiger partial charge in [-0.2, -0.15) is 5.26 Å². The van der Waals surface area contributed by atoms with Crippen LogP contribution in [0.25, 0.3) is 11.1 Å². The highest BCUT2D eigenvalue weighted by molar-refractivity contribution is 7.10. The zero-order chi connectivity index (χ0) is 13.8. The first-order chi connectivity index (χ1) is 9.86. The largest absolute Gasteiger partial charge is 0.308 e. The predicted molar refractivity (Wildman–Crippen MR) is 83.3 cm³/mol. The van der Waals surface area contributed by atoms with Crippen molar-refractivity contribution in [2.24, 2.45) is 5.92 Å². The van der Waals surface area contributed by atoms with E-state index in [2.05, 4.69) is 47.1 Å². The molecule has 2 nitrogen and oxygen atoms in total. The molecule has 0 saturated heterocycles. The van der Waals surface area contributed by atoms with Crippen LogP contribution in [0.4, 0.5) is 0 Å². The lowest BCUT2D eigenvalue weighted by molar-refractivity contribution is 0.466. The number of thiophene rings is 1. The zero-order valence-electron chi connectivity index (χ0n) is 11.4. The monoisotopic (exact) mass is 282 g/mol. The van der Waals surface area contributed by atoms with Gasteiger partial charge in [0.2, 0.25) is 0 Å². The van der Waals surface area contributed by atoms with E-state index in [4.69, 9.17) is 5.26 Å². The molecule has 1 aliphatic carbocycles. The lowest BCUT2D eigenvalue weighted by atomic mass is 10.1. The van der Waals surface area contributed by atoms with Crippen LogP contribution in [0.5, 0.6) is 0 Å². The van der Waals surface area contributed by atoms with Crippen molar-refractivity contribution >= 4 is 11.3 Å². The van der Waals surface area contributed by atoms with Gasteiger partial charge in [-0.15, -0.1) is 11.3 Å². The first-order valence-electron chi connectivity index (χ1n) is 7.12. The lowest BCUT2D eigenvalue weighted by Gasteiger charge is -2.14. The highest BCUT2D eigenvalue weighted by atomic mass is 32.1. The van der Waals surface area contributed by atoms with Crippen molar-refractivity contribution in [3.63, 3.8) is 0 Å². The third-order valence-corrected chi connectivity index (χ3v) is 4.92. The molecule has 0 spiro atoms. The van der Waals surface area contributed by atoms with Crippen LogP contribution in [-0.2, 0) is 6.54 Å². The van der Waals surface area contributed by atoms with Crippen molar-refractivity contribution in [3.05, 3.63) is 46.7 Å². The molecule has 2 atom stereocenters. The quantitative estimate of drug-likeness (QED) is 0.912. The van der Waals surface area contributed by atoms with Crippen LogP contribution in [0.15, 0.2) is 41.8 Å². The fourth-order valence-electron chi connectivity index (χ4n) is 2.85. The molecule has 1 aromatic heterocycles. The second-order valence-electron chi connectivity index (χ2n) is 5.32. The molecular formula is C17H18N2S. The van der Waals surface area contributed by atoms with Crippen LogP contribution in [-0.4, -0.2) is 6.04 Å². The molecule has 1 N–H and O–H groups in total. The van der Waals surface area contributed by atoms with E-state index in [-0.39, 0.29) is 5.92 Å². The standard InChI is InChI=1S/C17H18N2S/c18-10-14-7-4-8-17(14)19-11-16-9-15(12-20-16)13-5-2-1-3-6-13/h1-3,5-6,9,12,14,17,19H,4,7-8,11H2. The summed E-state index contributed by atoms with van der Waals surface area (Å²) in [4.78, 5) is 1.34. The SMILES string of the molecule is N#CC1CCCC1NCc1cc(-c2ccccc2)cs1. The fourth-order valence-corrected chi connectivity index (χ4v) is 3.69. The molecule has 0 aliphatic heterocycles. The minimum absolute atomic E-state index is 0.198. The Bertz CT molecular complexity index is 597. The van der Waals surface area contributed by atoms with E-state index in [0.29, 0.717) is 6.04 Å². The summed E-state index contributed by atoms with van der Waals surface area (Å²) in [5, 5.41) is 14.9. The number of hydrogen-bond donors (Lipinski definition) is 1. The van der Waals surface area contributed by atoms with E-state index in [1.54, 1.807) is 11.3 Å². The van der Waals surface area contributed by atoms with Crippen LogP contribution >= 0.6 is 11.3 Å². The average molecular weight is 282 g/mol. The van der Waals surface area contributed by atoms with Gasteiger partial charge in [-0.1, -0.05) is 36.8 Å². The van der Waals surface area contributed by atoms with Crippen molar-refractivity contribution < 1.29 is 0 Å². The van der Waals surface area contributed by atoms with E-state index in [1.165, 1.54) is 22.4 Å². The van der Waals surface area contributed by atoms with Crippen molar-refractivity contribution in [1.82, 2.24) is 5.32 Å². The topological polar surface area (TPSA) is 35.8 Å². The van der Waals surface area contributed by atoms with Gasteiger partial charge in [-0.3, -0.25) is 0 Å². The molecule has 0 radical (unpaired) electrons. The zero-order valence-corrected chi connectivity index (χ0v) is 12.2. The molecule has 1 saturated carbocycles. The van der Waals surface area contributed by atoms with Crippen LogP contribution in [0.1, 0.15) is 24.1 Å². The van der Waals surface area contributed by atoms with Gasteiger partial charge in [0.25, 0.3) is 0 Å². The maximum Gasteiger partial charge on any atom is 0.0672 e. The van der Waals surface area contributed by atoms with E-state index >= 15 is 0 Å². The lowest BCUT2D eigenvalue weighted by Crippen LogP contribution is -2.30. The highest BCUT2D eigenvalue weighted by Gasteiger charge is 2.26. The summed E-state index contributed by atoms with van der Waals surface area (Å²) in [5.74, 6) is 0.198. The van der Waals surface area contributed by atoms with Crippen LogP contribution in [0, 0.1) is 17.2 Å². The van der Waals surface area contributed by atoms with Gasteiger partial charge in [-0.25, -0.2) is 0 Å². The van der Waals surface area contributed by atoms with Gasteiger partial charge in [0.05, 0.1) is 12.0 Å². The Balaban J connectivity index is 1.62. The second kappa shape index (κ2) is 6.21. The summed E-state index contributed by atoms with van der Waals surface area (Å²) < 4.78 is 0. The van der Waals surface area contributed by atoms with Gasteiger partial charge in [0, 0.05) is 17.5 Å². The average Bonchev–Trinajstić information content (AvgIpc) is 3.15. The molecule has 1 aromatic carbocycles. The number of benzene rings is 1. The maximum absolute atomic E-state index is 9.10. The first-order valence-corrected chi connectivity index (χ1v) is 8.00. The van der Waals surface area contributed by atoms with Gasteiger partial charge in [0.15, 0.2) is 0 Å². The molecule has 3 heteroatoms. The van der Waals surface area contributed by atoms with Crippen molar-refractivity contribution in [2.75, 3.05) is 0 Å². The Morgan fingerprint density at radius 1 is 1.20 bits per heavy atom. The Labute approximate surface area is 124 Å². The van der Waals surface area contributed by atoms with Crippen LogP contribution < -0.4 is 5.32 Å². The van der Waals surface area contributed by atoms with Crippen molar-refractivity contribution in [1.29, 1.82) is 5.26 Å². The second-order valence-corrected chi connectivity index (χ2v) is 6.32. The molecule has 20 heavy (non-hydrogen) atoms. The minimum Gasteiger partial charge on any atom is -0.308 e. The third-order valence-electron chi connectivity index (χ3n) is 3.98. The molecule has 1 aliphatic rings. The predicted octanol–water partition coefficient (Wildman–Crippen LogP) is 4.20. The summed E-state index contributed by atoms with van der Waals surface area (Å²) >= 11 is 1.79. The van der Waals surface area contributed by atoms with Gasteiger partial charge < -0.3 is 5.32 Å². The molecule has 1 fully saturated rings. The van der Waals surface area contributed by atoms with E-state index in [1.807, 2.05) is 6.07 Å². The van der Waals surface area contributed by atoms with E-state index < -0.39 is 0 Å². The fraction of sp³-hybridized carbons (Fsp3) is 0.353. The normalized spacial score (nSPS) is 21.8. The highest BCUT2D eigenvalue weighted by Crippen LogP contribution is 2.27. The smallest absolute Gasteiger partial charge is 0.0672 e. The molecule has 0 amide bonds. The summed E-state index contributed by atoms with van der Waals surface area (Å²) in [7, 11) is 0. The van der Waals surface area contributed by atoms with Gasteiger partial charge in [-0.05, 0) is 35.4 Å². The Morgan fingerprint density at radius 2 is 2.05 bits per heavy atom. The van der Waals surface area contributed by atoms with E-state index in [0.717, 1.165) is 19.4 Å². The number of rotatable bonds is 4. The number of nitrogens with zero attached hydrogens (tertiary/aromatic N) is 1. The van der Waals surface area contributed by atoms with Gasteiger partial charge >= 0.3 is 0 Å². The van der Waals surface area contributed by atoms with Crippen LogP contribution in [0.2, 0.25) is 0 Å². The number of hydrogen-bond acceptors (Lipinski definition) is 3. The molecule has 1 heterocycles. The number of nitrogens with one attached hydrogen (secondary N) is 1. The summed E-state index contributed by atoms with van der Waals surface area (Å²) in [5.41, 5.74) is 2.56. The molecule has 3 rings (SSSR count). The first kappa shape index (κ1) is 13.4. The van der Waals surface area contributed by atoms with Crippen molar-refractivity contribution in [3.8, 4) is 17.2 Å². The Kier molecular flexibility index (Phi) is 4.15. The summed E-state index contributed by atoms with van der Waals surface area (Å²) in [6.45, 7) is 0.875. The Morgan fingerprint density at radius 3 is 2.85 bits per heavy atom. The van der Waals surface area contributed by atoms with Crippen LogP contribution in [0.3, 0.4) is 0 Å². The molecule has 2 aromatic rings. The molecule has 102 valence electrons. The molecule has 0 bridgehead atoms. The minimum atomic E-state index is 0.198. The maximum atomic E-state index is 9.10. The van der Waals surface area contributed by atoms with Crippen molar-refractivity contribution in [2.45, 2.75) is 31.8 Å². The summed E-state index contributed by atoms with van der Waals surface area (Å²) in [6.07, 6.45) is 3.36. The molecule has 2 unspecified atom stereocenters.